The van der Waals surface area contributed by atoms with Crippen molar-refractivity contribution >= 4 is 11.0 Å². The molecular weight excluding hydrogens is 326 g/mol. The van der Waals surface area contributed by atoms with E-state index < -0.39 is 0 Å². The number of benzene rings is 2. The van der Waals surface area contributed by atoms with Crippen LogP contribution < -0.4 is 5.32 Å². The van der Waals surface area contributed by atoms with Crippen molar-refractivity contribution in [1.29, 1.82) is 0 Å². The van der Waals surface area contributed by atoms with Gasteiger partial charge >= 0.3 is 0 Å². The van der Waals surface area contributed by atoms with Crippen molar-refractivity contribution in [3.8, 4) is 17.1 Å². The number of hydrogen-bond acceptors (Lipinski definition) is 5. The number of rotatable bonds is 5. The molecule has 0 fully saturated rings. The third-order valence-electron chi connectivity index (χ3n) is 4.53. The first-order chi connectivity index (χ1) is 12.7. The predicted molar refractivity (Wildman–Crippen MR) is 101 cm³/mol. The van der Waals surface area contributed by atoms with E-state index in [1.165, 1.54) is 0 Å². The lowest BCUT2D eigenvalue weighted by atomic mass is 10.2. The third kappa shape index (κ3) is 2.99. The maximum atomic E-state index is 5.44. The molecule has 2 aromatic heterocycles. The van der Waals surface area contributed by atoms with Crippen molar-refractivity contribution in [1.82, 2.24) is 25.0 Å². The van der Waals surface area contributed by atoms with Gasteiger partial charge < -0.3 is 9.84 Å². The number of para-hydroxylation sites is 1. The number of hydrogen-bond donors (Lipinski definition) is 1. The van der Waals surface area contributed by atoms with Crippen molar-refractivity contribution in [2.24, 2.45) is 0 Å². The van der Waals surface area contributed by atoms with E-state index >= 15 is 0 Å². The fourth-order valence-electron chi connectivity index (χ4n) is 3.07. The normalized spacial score (nSPS) is 12.6. The highest BCUT2D eigenvalue weighted by atomic mass is 16.5. The molecule has 0 aliphatic rings. The Morgan fingerprint density at radius 3 is 2.69 bits per heavy atom. The van der Waals surface area contributed by atoms with Crippen LogP contribution >= 0.6 is 0 Å². The molecule has 132 valence electrons. The van der Waals surface area contributed by atoms with Gasteiger partial charge in [-0.3, -0.25) is 4.57 Å². The molecule has 0 saturated heterocycles. The zero-order chi connectivity index (χ0) is 18.1. The average molecular weight is 347 g/mol. The molecule has 0 aliphatic carbocycles. The fourth-order valence-corrected chi connectivity index (χ4v) is 3.07. The summed E-state index contributed by atoms with van der Waals surface area (Å²) in [5.41, 5.74) is 3.95. The van der Waals surface area contributed by atoms with Gasteiger partial charge in [0.25, 0.3) is 5.89 Å². The highest BCUT2D eigenvalue weighted by molar-refractivity contribution is 5.82. The Morgan fingerprint density at radius 1 is 1.12 bits per heavy atom. The molecule has 4 rings (SSSR count). The highest BCUT2D eigenvalue weighted by Crippen LogP contribution is 2.26. The SMILES string of the molecule is CNC(C)Cc1noc(-c2ccc3c(c2)nc(C)n3-c2ccccc2)n1. The van der Waals surface area contributed by atoms with Crippen LogP contribution in [0.1, 0.15) is 18.6 Å². The summed E-state index contributed by atoms with van der Waals surface area (Å²) in [6.45, 7) is 4.09. The van der Waals surface area contributed by atoms with Gasteiger partial charge in [0.15, 0.2) is 5.82 Å². The van der Waals surface area contributed by atoms with E-state index in [2.05, 4.69) is 45.1 Å². The van der Waals surface area contributed by atoms with E-state index in [1.54, 1.807) is 0 Å². The predicted octanol–water partition coefficient (Wildman–Crippen LogP) is 3.53. The summed E-state index contributed by atoms with van der Waals surface area (Å²) < 4.78 is 7.59. The first-order valence-electron chi connectivity index (χ1n) is 8.70. The van der Waals surface area contributed by atoms with Gasteiger partial charge in [-0.25, -0.2) is 4.98 Å². The number of nitrogens with one attached hydrogen (secondary N) is 1. The van der Waals surface area contributed by atoms with Crippen LogP contribution in [0.5, 0.6) is 0 Å². The van der Waals surface area contributed by atoms with Gasteiger partial charge in [-0.15, -0.1) is 0 Å². The first-order valence-corrected chi connectivity index (χ1v) is 8.70. The van der Waals surface area contributed by atoms with Gasteiger partial charge in [-0.2, -0.15) is 4.98 Å². The fraction of sp³-hybridized carbons (Fsp3) is 0.250. The molecule has 0 aliphatic heterocycles. The van der Waals surface area contributed by atoms with Crippen LogP contribution in [0, 0.1) is 6.92 Å². The molecule has 26 heavy (non-hydrogen) atoms. The largest absolute Gasteiger partial charge is 0.334 e. The quantitative estimate of drug-likeness (QED) is 0.598. The number of nitrogens with zero attached hydrogens (tertiary/aromatic N) is 4. The second kappa shape index (κ2) is 6.72. The maximum absolute atomic E-state index is 5.44. The van der Waals surface area contributed by atoms with Gasteiger partial charge in [-0.05, 0) is 51.2 Å². The molecule has 1 N–H and O–H groups in total. The molecule has 6 nitrogen and oxygen atoms in total. The van der Waals surface area contributed by atoms with Crippen LogP contribution in [0.4, 0.5) is 0 Å². The van der Waals surface area contributed by atoms with E-state index in [9.17, 15) is 0 Å². The molecule has 2 heterocycles. The van der Waals surface area contributed by atoms with Crippen molar-refractivity contribution in [2.75, 3.05) is 7.05 Å². The van der Waals surface area contributed by atoms with Crippen LogP contribution in [0.3, 0.4) is 0 Å². The third-order valence-corrected chi connectivity index (χ3v) is 4.53. The number of fused-ring (bicyclic) bond motifs is 1. The smallest absolute Gasteiger partial charge is 0.257 e. The summed E-state index contributed by atoms with van der Waals surface area (Å²) in [4.78, 5) is 9.22. The Bertz CT molecular complexity index is 1030. The highest BCUT2D eigenvalue weighted by Gasteiger charge is 2.14. The number of aryl methyl sites for hydroxylation is 1. The Balaban J connectivity index is 1.71. The van der Waals surface area contributed by atoms with E-state index in [4.69, 9.17) is 9.51 Å². The van der Waals surface area contributed by atoms with Gasteiger partial charge in [0, 0.05) is 23.7 Å². The summed E-state index contributed by atoms with van der Waals surface area (Å²) in [5.74, 6) is 2.17. The van der Waals surface area contributed by atoms with Gasteiger partial charge in [0.05, 0.1) is 11.0 Å². The molecule has 0 amide bonds. The minimum absolute atomic E-state index is 0.298. The Kier molecular flexibility index (Phi) is 4.26. The maximum Gasteiger partial charge on any atom is 0.257 e. The first kappa shape index (κ1) is 16.5. The second-order valence-electron chi connectivity index (χ2n) is 6.44. The van der Waals surface area contributed by atoms with Crippen LogP contribution in [0.2, 0.25) is 0 Å². The Labute approximate surface area is 151 Å². The number of likely N-dealkylation sites (N-methyl/N-ethyl adjacent to an activating group) is 1. The van der Waals surface area contributed by atoms with Crippen LogP contribution in [-0.4, -0.2) is 32.8 Å². The summed E-state index contributed by atoms with van der Waals surface area (Å²) >= 11 is 0. The molecule has 1 unspecified atom stereocenters. The summed E-state index contributed by atoms with van der Waals surface area (Å²) in [5, 5.41) is 7.26. The van der Waals surface area contributed by atoms with Crippen LogP contribution in [0.25, 0.3) is 28.2 Å². The van der Waals surface area contributed by atoms with E-state index in [1.807, 2.05) is 44.3 Å². The molecule has 1 atom stereocenters. The summed E-state index contributed by atoms with van der Waals surface area (Å²) in [6, 6.07) is 16.6. The lowest BCUT2D eigenvalue weighted by Crippen LogP contribution is -2.24. The topological polar surface area (TPSA) is 68.8 Å². The van der Waals surface area contributed by atoms with E-state index in [0.717, 1.165) is 34.5 Å². The second-order valence-corrected chi connectivity index (χ2v) is 6.44. The average Bonchev–Trinajstić information content (AvgIpc) is 3.25. The van der Waals surface area contributed by atoms with Crippen LogP contribution in [0.15, 0.2) is 53.1 Å². The summed E-state index contributed by atoms with van der Waals surface area (Å²) in [6.07, 6.45) is 0.726. The van der Waals surface area contributed by atoms with E-state index in [-0.39, 0.29) is 0 Å². The van der Waals surface area contributed by atoms with Crippen LogP contribution in [-0.2, 0) is 6.42 Å². The molecule has 0 bridgehead atoms. The van der Waals surface area contributed by atoms with Crippen molar-refractivity contribution in [2.45, 2.75) is 26.3 Å². The molecule has 6 heteroatoms. The Morgan fingerprint density at radius 2 is 1.92 bits per heavy atom. The molecule has 4 aromatic rings. The number of aromatic nitrogens is 4. The van der Waals surface area contributed by atoms with Crippen molar-refractivity contribution in [3.63, 3.8) is 0 Å². The minimum atomic E-state index is 0.298. The van der Waals surface area contributed by atoms with Gasteiger partial charge in [-0.1, -0.05) is 23.4 Å². The summed E-state index contributed by atoms with van der Waals surface area (Å²) in [7, 11) is 1.92. The molecule has 2 aromatic carbocycles. The molecular formula is C20H21N5O. The Hall–Kier alpha value is -2.99. The minimum Gasteiger partial charge on any atom is -0.334 e. The van der Waals surface area contributed by atoms with E-state index in [0.29, 0.717) is 17.8 Å². The van der Waals surface area contributed by atoms with Gasteiger partial charge in [0.2, 0.25) is 0 Å². The lowest BCUT2D eigenvalue weighted by molar-refractivity contribution is 0.418. The zero-order valence-corrected chi connectivity index (χ0v) is 15.1. The van der Waals surface area contributed by atoms with Gasteiger partial charge in [0.1, 0.15) is 5.82 Å². The molecule has 0 radical (unpaired) electrons. The monoisotopic (exact) mass is 347 g/mol. The van der Waals surface area contributed by atoms with Crippen molar-refractivity contribution in [3.05, 3.63) is 60.2 Å². The molecule has 0 spiro atoms. The lowest BCUT2D eigenvalue weighted by Gasteiger charge is -2.06. The zero-order valence-electron chi connectivity index (χ0n) is 15.1. The standard InChI is InChI=1S/C20H21N5O/c1-13(21-3)11-19-23-20(26-24-19)15-9-10-18-17(12-15)22-14(2)25(18)16-7-5-4-6-8-16/h4-10,12-13,21H,11H2,1-3H3. The molecule has 0 saturated carbocycles. The van der Waals surface area contributed by atoms with Crippen molar-refractivity contribution < 1.29 is 4.52 Å². The number of imidazole rings is 1.